The molecule has 0 aliphatic heterocycles. The van der Waals surface area contributed by atoms with Crippen LogP contribution in [0.5, 0.6) is 0 Å². The monoisotopic (exact) mass is 289 g/mol. The lowest BCUT2D eigenvalue weighted by molar-refractivity contribution is 0.512. The van der Waals surface area contributed by atoms with Gasteiger partial charge in [0.15, 0.2) is 5.82 Å². The summed E-state index contributed by atoms with van der Waals surface area (Å²) in [6, 6.07) is 12.8. The van der Waals surface area contributed by atoms with E-state index in [0.29, 0.717) is 18.0 Å². The van der Waals surface area contributed by atoms with Crippen LogP contribution in [-0.2, 0) is 0 Å². The molecule has 0 aliphatic rings. The highest BCUT2D eigenvalue weighted by Crippen LogP contribution is 2.27. The Morgan fingerprint density at radius 3 is 2.29 bits per heavy atom. The summed E-state index contributed by atoms with van der Waals surface area (Å²) in [5.74, 6) is -0.486. The van der Waals surface area contributed by atoms with Crippen molar-refractivity contribution < 1.29 is 8.78 Å². The molecule has 1 atom stereocenters. The van der Waals surface area contributed by atoms with Crippen LogP contribution in [0.25, 0.3) is 0 Å². The van der Waals surface area contributed by atoms with Crippen LogP contribution in [0.4, 0.5) is 14.5 Å². The van der Waals surface area contributed by atoms with Crippen molar-refractivity contribution in [2.24, 2.45) is 5.92 Å². The highest BCUT2D eigenvalue weighted by Gasteiger charge is 2.18. The fourth-order valence-electron chi connectivity index (χ4n) is 2.47. The van der Waals surface area contributed by atoms with Crippen LogP contribution in [-0.4, -0.2) is 6.54 Å². The Bertz CT molecular complexity index is 594. The van der Waals surface area contributed by atoms with Crippen molar-refractivity contribution in [3.63, 3.8) is 0 Å². The number of anilines is 1. The summed E-state index contributed by atoms with van der Waals surface area (Å²) >= 11 is 0. The van der Waals surface area contributed by atoms with Crippen LogP contribution in [0, 0.1) is 24.5 Å². The summed E-state index contributed by atoms with van der Waals surface area (Å²) in [6.45, 7) is 6.36. The third-order valence-corrected chi connectivity index (χ3v) is 3.82. The van der Waals surface area contributed by atoms with Crippen molar-refractivity contribution >= 4 is 5.69 Å². The second-order valence-electron chi connectivity index (χ2n) is 5.70. The van der Waals surface area contributed by atoms with Crippen LogP contribution in [0.15, 0.2) is 42.5 Å². The Labute approximate surface area is 125 Å². The fourth-order valence-corrected chi connectivity index (χ4v) is 2.47. The van der Waals surface area contributed by atoms with Gasteiger partial charge in [-0.3, -0.25) is 0 Å². The average Bonchev–Trinajstić information content (AvgIpc) is 2.47. The smallest absolute Gasteiger partial charge is 0.152 e. The number of hydrogen-bond acceptors (Lipinski definition) is 1. The molecule has 21 heavy (non-hydrogen) atoms. The minimum absolute atomic E-state index is 0.0309. The fraction of sp³-hybridized carbons (Fsp3) is 0.333. The van der Waals surface area contributed by atoms with Crippen molar-refractivity contribution in [3.05, 3.63) is 65.2 Å². The lowest BCUT2D eigenvalue weighted by Gasteiger charge is -2.23. The Kier molecular flexibility index (Phi) is 4.94. The summed E-state index contributed by atoms with van der Waals surface area (Å²) in [6.07, 6.45) is 0. The van der Waals surface area contributed by atoms with Crippen LogP contribution in [0.3, 0.4) is 0 Å². The van der Waals surface area contributed by atoms with E-state index in [-0.39, 0.29) is 11.6 Å². The van der Waals surface area contributed by atoms with E-state index in [1.54, 1.807) is 6.92 Å². The first-order chi connectivity index (χ1) is 10.0. The maximum atomic E-state index is 14.0. The maximum absolute atomic E-state index is 14.0. The molecule has 0 aliphatic carbocycles. The van der Waals surface area contributed by atoms with Crippen LogP contribution in [0.2, 0.25) is 0 Å². The van der Waals surface area contributed by atoms with Gasteiger partial charge in [-0.05, 0) is 30.0 Å². The normalized spacial score (nSPS) is 12.5. The third-order valence-electron chi connectivity index (χ3n) is 3.82. The molecule has 0 aromatic heterocycles. The summed E-state index contributed by atoms with van der Waals surface area (Å²) in [5, 5.41) is 2.95. The molecule has 0 spiro atoms. The molecule has 1 nitrogen and oxygen atoms in total. The average molecular weight is 289 g/mol. The van der Waals surface area contributed by atoms with Gasteiger partial charge in [-0.2, -0.15) is 0 Å². The number of halogens is 2. The lowest BCUT2D eigenvalue weighted by atomic mass is 9.88. The van der Waals surface area contributed by atoms with Crippen molar-refractivity contribution in [2.45, 2.75) is 26.7 Å². The zero-order valence-electron chi connectivity index (χ0n) is 12.7. The first-order valence-corrected chi connectivity index (χ1v) is 7.24. The Hall–Kier alpha value is -1.90. The van der Waals surface area contributed by atoms with Gasteiger partial charge in [-0.15, -0.1) is 0 Å². The molecule has 0 heterocycles. The van der Waals surface area contributed by atoms with Gasteiger partial charge in [0.1, 0.15) is 11.5 Å². The largest absolute Gasteiger partial charge is 0.380 e. The van der Waals surface area contributed by atoms with E-state index in [0.717, 1.165) is 0 Å². The summed E-state index contributed by atoms with van der Waals surface area (Å²) in [4.78, 5) is 0. The van der Waals surface area contributed by atoms with Crippen molar-refractivity contribution in [1.29, 1.82) is 0 Å². The first kappa shape index (κ1) is 15.5. The summed E-state index contributed by atoms with van der Waals surface area (Å²) in [5.41, 5.74) is 1.59. The van der Waals surface area contributed by atoms with Gasteiger partial charge in [0.05, 0.1) is 0 Å². The van der Waals surface area contributed by atoms with E-state index in [4.69, 9.17) is 0 Å². The first-order valence-electron chi connectivity index (χ1n) is 7.24. The number of rotatable bonds is 5. The van der Waals surface area contributed by atoms with Crippen molar-refractivity contribution in [2.75, 3.05) is 11.9 Å². The van der Waals surface area contributed by atoms with Gasteiger partial charge >= 0.3 is 0 Å². The summed E-state index contributed by atoms with van der Waals surface area (Å²) in [7, 11) is 0. The minimum Gasteiger partial charge on any atom is -0.380 e. The van der Waals surface area contributed by atoms with Crippen LogP contribution < -0.4 is 5.32 Å². The SMILES string of the molecule is Cc1ccc(F)c(NCC(c2ccccc2)C(C)C)c1F. The van der Waals surface area contributed by atoms with Crippen molar-refractivity contribution in [1.82, 2.24) is 0 Å². The topological polar surface area (TPSA) is 12.0 Å². The minimum atomic E-state index is -0.548. The molecule has 2 rings (SSSR count). The van der Waals surface area contributed by atoms with E-state index >= 15 is 0 Å². The highest BCUT2D eigenvalue weighted by molar-refractivity contribution is 5.49. The van der Waals surface area contributed by atoms with E-state index in [9.17, 15) is 8.78 Å². The molecule has 0 saturated heterocycles. The molecular weight excluding hydrogens is 268 g/mol. The lowest BCUT2D eigenvalue weighted by Crippen LogP contribution is -2.19. The maximum Gasteiger partial charge on any atom is 0.152 e. The number of aryl methyl sites for hydroxylation is 1. The summed E-state index contributed by atoms with van der Waals surface area (Å²) < 4.78 is 27.8. The molecular formula is C18H21F2N. The standard InChI is InChI=1S/C18H21F2N/c1-12(2)15(14-7-5-4-6-8-14)11-21-18-16(19)10-9-13(3)17(18)20/h4-10,12,15,21H,11H2,1-3H3. The van der Waals surface area contributed by atoms with E-state index in [1.807, 2.05) is 18.2 Å². The molecule has 0 radical (unpaired) electrons. The third kappa shape index (κ3) is 3.60. The molecule has 0 saturated carbocycles. The van der Waals surface area contributed by atoms with Gasteiger partial charge in [-0.1, -0.05) is 50.2 Å². The number of hydrogen-bond donors (Lipinski definition) is 1. The molecule has 2 aromatic rings. The number of nitrogens with one attached hydrogen (secondary N) is 1. The van der Waals surface area contributed by atoms with Gasteiger partial charge in [0.25, 0.3) is 0 Å². The molecule has 3 heteroatoms. The van der Waals surface area contributed by atoms with E-state index < -0.39 is 11.6 Å². The molecule has 0 bridgehead atoms. The molecule has 1 unspecified atom stereocenters. The quantitative estimate of drug-likeness (QED) is 0.805. The molecule has 2 aromatic carbocycles. The second-order valence-corrected chi connectivity index (χ2v) is 5.70. The molecule has 0 fully saturated rings. The number of benzene rings is 2. The molecule has 0 amide bonds. The predicted octanol–water partition coefficient (Wildman–Crippen LogP) is 5.12. The van der Waals surface area contributed by atoms with Gasteiger partial charge in [0.2, 0.25) is 0 Å². The molecule has 1 N–H and O–H groups in total. The van der Waals surface area contributed by atoms with E-state index in [2.05, 4.69) is 31.3 Å². The molecule has 112 valence electrons. The van der Waals surface area contributed by atoms with E-state index in [1.165, 1.54) is 17.7 Å². The zero-order valence-corrected chi connectivity index (χ0v) is 12.7. The zero-order chi connectivity index (χ0) is 15.4. The highest BCUT2D eigenvalue weighted by atomic mass is 19.1. The Morgan fingerprint density at radius 1 is 1.00 bits per heavy atom. The Balaban J connectivity index is 2.19. The van der Waals surface area contributed by atoms with Gasteiger partial charge in [0, 0.05) is 12.5 Å². The van der Waals surface area contributed by atoms with Crippen LogP contribution in [0.1, 0.15) is 30.9 Å². The second kappa shape index (κ2) is 6.70. The van der Waals surface area contributed by atoms with Gasteiger partial charge in [-0.25, -0.2) is 8.78 Å². The van der Waals surface area contributed by atoms with Crippen molar-refractivity contribution in [3.8, 4) is 0 Å². The predicted molar refractivity (Wildman–Crippen MR) is 83.6 cm³/mol. The Morgan fingerprint density at radius 2 is 1.67 bits per heavy atom. The van der Waals surface area contributed by atoms with Crippen LogP contribution >= 0.6 is 0 Å². The van der Waals surface area contributed by atoms with Gasteiger partial charge < -0.3 is 5.32 Å².